The van der Waals surface area contributed by atoms with Gasteiger partial charge < -0.3 is 20.1 Å². The average molecular weight is 589 g/mol. The summed E-state index contributed by atoms with van der Waals surface area (Å²) >= 11 is 0. The van der Waals surface area contributed by atoms with Gasteiger partial charge in [0.1, 0.15) is 11.8 Å². The number of para-hydroxylation sites is 2. The fourth-order valence-electron chi connectivity index (χ4n) is 4.77. The summed E-state index contributed by atoms with van der Waals surface area (Å²) in [6.45, 7) is 4.37. The molecule has 0 spiro atoms. The van der Waals surface area contributed by atoms with Crippen LogP contribution in [0.4, 0.5) is 22.7 Å². The van der Waals surface area contributed by atoms with E-state index in [0.717, 1.165) is 4.90 Å². The van der Waals surface area contributed by atoms with Gasteiger partial charge in [-0.3, -0.25) is 19.3 Å². The number of carbonyl (C=O) groups is 3. The van der Waals surface area contributed by atoms with Gasteiger partial charge in [0, 0.05) is 30.7 Å². The van der Waals surface area contributed by atoms with Crippen LogP contribution in [-0.2, 0) is 9.59 Å². The second-order valence-electron chi connectivity index (χ2n) is 9.79. The van der Waals surface area contributed by atoms with Gasteiger partial charge in [-0.1, -0.05) is 18.2 Å². The van der Waals surface area contributed by atoms with Crippen LogP contribution in [0, 0.1) is 18.3 Å². The molecule has 2 aromatic heterocycles. The second-order valence-corrected chi connectivity index (χ2v) is 9.79. The number of benzene rings is 3. The first kappa shape index (κ1) is 29.3. The molecule has 0 aliphatic carbocycles. The van der Waals surface area contributed by atoms with Crippen LogP contribution >= 0.6 is 0 Å². The molecule has 0 aliphatic rings. The van der Waals surface area contributed by atoms with E-state index in [9.17, 15) is 19.6 Å². The lowest BCUT2D eigenvalue weighted by Gasteiger charge is -2.17. The zero-order chi connectivity index (χ0) is 31.4. The molecule has 11 nitrogen and oxygen atoms in total. The lowest BCUT2D eigenvalue weighted by molar-refractivity contribution is -0.124. The highest BCUT2D eigenvalue weighted by molar-refractivity contribution is 6.14. The third kappa shape index (κ3) is 5.91. The van der Waals surface area contributed by atoms with Gasteiger partial charge in [-0.2, -0.15) is 10.4 Å². The molecular formula is C33H28N6O5. The van der Waals surface area contributed by atoms with Crippen LogP contribution in [0.25, 0.3) is 5.52 Å². The molecule has 3 aromatic carbocycles. The molecule has 11 heteroatoms. The number of rotatable bonds is 8. The highest BCUT2D eigenvalue weighted by Crippen LogP contribution is 2.35. The van der Waals surface area contributed by atoms with E-state index in [0.29, 0.717) is 56.6 Å². The number of amides is 3. The van der Waals surface area contributed by atoms with Crippen molar-refractivity contribution in [2.24, 2.45) is 0 Å². The largest absolute Gasteiger partial charge is 0.493 e. The number of hydrogen-bond donors (Lipinski definition) is 2. The van der Waals surface area contributed by atoms with E-state index in [2.05, 4.69) is 21.8 Å². The number of nitrogens with one attached hydrogen (secondary N) is 2. The smallest absolute Gasteiger partial charge is 0.255 e. The maximum atomic E-state index is 13.2. The molecule has 0 fully saturated rings. The number of imide groups is 1. The number of aryl methyl sites for hydroxylation is 1. The lowest BCUT2D eigenvalue weighted by Crippen LogP contribution is -2.33. The van der Waals surface area contributed by atoms with Crippen LogP contribution in [0.15, 0.2) is 85.2 Å². The molecule has 2 heterocycles. The SMILES string of the molecule is COc1ccccc1Oc1ccc(Nc2c(C#N)cnn3cc(NC(=O)c4cccc(N(C(C)=O)C(C)=O)c4)c(C)c23)cc1. The Labute approximate surface area is 253 Å². The maximum absolute atomic E-state index is 13.2. The zero-order valence-electron chi connectivity index (χ0n) is 24.4. The van der Waals surface area contributed by atoms with Crippen LogP contribution in [0.2, 0.25) is 0 Å². The molecule has 3 amide bonds. The van der Waals surface area contributed by atoms with E-state index in [1.54, 1.807) is 48.2 Å². The Morgan fingerprint density at radius 1 is 0.955 bits per heavy atom. The molecule has 0 aliphatic heterocycles. The Hall–Kier alpha value is -6.15. The summed E-state index contributed by atoms with van der Waals surface area (Å²) < 4.78 is 12.9. The predicted molar refractivity (Wildman–Crippen MR) is 166 cm³/mol. The minimum Gasteiger partial charge on any atom is -0.493 e. The Bertz CT molecular complexity index is 1930. The first-order chi connectivity index (χ1) is 21.2. The fourth-order valence-corrected chi connectivity index (χ4v) is 4.77. The first-order valence-corrected chi connectivity index (χ1v) is 13.5. The van der Waals surface area contributed by atoms with E-state index in [1.807, 2.05) is 43.3 Å². The summed E-state index contributed by atoms with van der Waals surface area (Å²) in [7, 11) is 1.58. The summed E-state index contributed by atoms with van der Waals surface area (Å²) in [6.07, 6.45) is 3.10. The molecule has 0 bridgehead atoms. The maximum Gasteiger partial charge on any atom is 0.255 e. The van der Waals surface area contributed by atoms with E-state index in [4.69, 9.17) is 9.47 Å². The molecule has 0 unspecified atom stereocenters. The number of hydrogen-bond acceptors (Lipinski definition) is 8. The average Bonchev–Trinajstić information content (AvgIpc) is 3.33. The first-order valence-electron chi connectivity index (χ1n) is 13.5. The molecule has 220 valence electrons. The molecule has 5 aromatic rings. The standard InChI is InChI=1S/C33H28N6O5/c1-20-28(37-33(42)23-8-7-9-26(16-23)39(21(2)40)22(3)41)19-38-32(20)31(24(17-34)18-35-38)36-25-12-14-27(15-13-25)44-30-11-6-5-10-29(30)43-4/h5-16,18-19,36H,1-4H3,(H,37,42). The topological polar surface area (TPSA) is 138 Å². The van der Waals surface area contributed by atoms with Crippen molar-refractivity contribution < 1.29 is 23.9 Å². The van der Waals surface area contributed by atoms with Crippen LogP contribution in [-0.4, -0.2) is 34.4 Å². The number of aromatic nitrogens is 2. The molecule has 5 rings (SSSR count). The minimum atomic E-state index is -0.456. The monoisotopic (exact) mass is 588 g/mol. The van der Waals surface area contributed by atoms with E-state index in [-0.39, 0.29) is 5.56 Å². The Morgan fingerprint density at radius 2 is 1.66 bits per heavy atom. The summed E-state index contributed by atoms with van der Waals surface area (Å²) in [5.41, 5.74) is 3.82. The van der Waals surface area contributed by atoms with Crippen molar-refractivity contribution in [2.75, 3.05) is 22.6 Å². The molecule has 0 atom stereocenters. The normalized spacial score (nSPS) is 10.5. The Kier molecular flexibility index (Phi) is 8.26. The van der Waals surface area contributed by atoms with E-state index >= 15 is 0 Å². The van der Waals surface area contributed by atoms with Crippen molar-refractivity contribution >= 4 is 46.0 Å². The molecular weight excluding hydrogens is 560 g/mol. The van der Waals surface area contributed by atoms with Gasteiger partial charge >= 0.3 is 0 Å². The van der Waals surface area contributed by atoms with Crippen molar-refractivity contribution in [3.8, 4) is 23.3 Å². The number of nitriles is 1. The lowest BCUT2D eigenvalue weighted by atomic mass is 10.1. The number of methoxy groups -OCH3 is 1. The number of nitrogens with zero attached hydrogens (tertiary/aromatic N) is 4. The van der Waals surface area contributed by atoms with Crippen molar-refractivity contribution in [3.63, 3.8) is 0 Å². The predicted octanol–water partition coefficient (Wildman–Crippen LogP) is 6.21. The molecule has 0 radical (unpaired) electrons. The van der Waals surface area contributed by atoms with Gasteiger partial charge in [0.15, 0.2) is 11.5 Å². The van der Waals surface area contributed by atoms with Crippen LogP contribution < -0.4 is 25.0 Å². The Balaban J connectivity index is 1.41. The third-order valence-electron chi connectivity index (χ3n) is 6.84. The fraction of sp³-hybridized carbons (Fsp3) is 0.121. The number of ether oxygens (including phenoxy) is 2. The second kappa shape index (κ2) is 12.4. The van der Waals surface area contributed by atoms with Crippen molar-refractivity contribution in [1.82, 2.24) is 9.61 Å². The minimum absolute atomic E-state index is 0.254. The highest BCUT2D eigenvalue weighted by Gasteiger charge is 2.20. The number of fused-ring (bicyclic) bond motifs is 1. The Morgan fingerprint density at radius 3 is 2.32 bits per heavy atom. The van der Waals surface area contributed by atoms with E-state index in [1.165, 1.54) is 26.1 Å². The van der Waals surface area contributed by atoms with Gasteiger partial charge in [-0.15, -0.1) is 0 Å². The summed E-state index contributed by atoms with van der Waals surface area (Å²) in [6, 6.07) is 23.0. The summed E-state index contributed by atoms with van der Waals surface area (Å²) in [5.74, 6) is 0.436. The van der Waals surface area contributed by atoms with Crippen LogP contribution in [0.1, 0.15) is 35.3 Å². The molecule has 0 saturated carbocycles. The van der Waals surface area contributed by atoms with Crippen LogP contribution in [0.5, 0.6) is 17.2 Å². The summed E-state index contributed by atoms with van der Waals surface area (Å²) in [4.78, 5) is 38.2. The highest BCUT2D eigenvalue weighted by atomic mass is 16.5. The molecule has 0 saturated heterocycles. The summed E-state index contributed by atoms with van der Waals surface area (Å²) in [5, 5.41) is 20.4. The number of carbonyl (C=O) groups excluding carboxylic acids is 3. The quantitative estimate of drug-likeness (QED) is 0.218. The van der Waals surface area contributed by atoms with Crippen molar-refractivity contribution in [1.29, 1.82) is 5.26 Å². The number of anilines is 4. The molecule has 2 N–H and O–H groups in total. The van der Waals surface area contributed by atoms with E-state index < -0.39 is 17.7 Å². The van der Waals surface area contributed by atoms with Gasteiger partial charge in [0.2, 0.25) is 11.8 Å². The van der Waals surface area contributed by atoms with Crippen molar-refractivity contribution in [3.05, 3.63) is 102 Å². The van der Waals surface area contributed by atoms with Gasteiger partial charge in [0.25, 0.3) is 5.91 Å². The van der Waals surface area contributed by atoms with Crippen molar-refractivity contribution in [2.45, 2.75) is 20.8 Å². The van der Waals surface area contributed by atoms with Gasteiger partial charge in [-0.05, 0) is 61.5 Å². The molecule has 44 heavy (non-hydrogen) atoms. The zero-order valence-corrected chi connectivity index (χ0v) is 24.4. The van der Waals surface area contributed by atoms with Crippen LogP contribution in [0.3, 0.4) is 0 Å². The van der Waals surface area contributed by atoms with Gasteiger partial charge in [0.05, 0.1) is 47.6 Å². The third-order valence-corrected chi connectivity index (χ3v) is 6.84. The van der Waals surface area contributed by atoms with Gasteiger partial charge in [-0.25, -0.2) is 4.52 Å².